The largest absolute Gasteiger partial charge is 0.408 e. The number of benzene rings is 1. The molecule has 0 bridgehead atoms. The predicted molar refractivity (Wildman–Crippen MR) is 126 cm³/mol. The number of carbonyl (C=O) groups excluding carboxylic acids is 1. The SMILES string of the molecule is CN1CCC(O)(c2cccc(-c3nc(-c4ccnc(Nc5ccn(CC(F)(F)F)n5)n4)cs3)c2)C1=O. The predicted octanol–water partition coefficient (Wildman–Crippen LogP) is 3.82. The maximum absolute atomic E-state index is 12.6. The molecule has 1 aromatic carbocycles. The first kappa shape index (κ1) is 23.9. The van der Waals surface area contributed by atoms with Gasteiger partial charge in [-0.1, -0.05) is 18.2 Å². The minimum atomic E-state index is -4.37. The van der Waals surface area contributed by atoms with Gasteiger partial charge in [-0.25, -0.2) is 15.0 Å². The van der Waals surface area contributed by atoms with Crippen molar-refractivity contribution < 1.29 is 23.1 Å². The first-order chi connectivity index (χ1) is 17.1. The number of carbonyl (C=O) groups is 1. The zero-order chi connectivity index (χ0) is 25.5. The molecule has 36 heavy (non-hydrogen) atoms. The zero-order valence-electron chi connectivity index (χ0n) is 18.9. The van der Waals surface area contributed by atoms with Crippen molar-refractivity contribution in [3.05, 3.63) is 59.7 Å². The number of likely N-dealkylation sites (tertiary alicyclic amines) is 1. The maximum Gasteiger partial charge on any atom is 0.408 e. The molecule has 186 valence electrons. The number of nitrogens with zero attached hydrogens (tertiary/aromatic N) is 6. The molecular weight excluding hydrogens is 495 g/mol. The molecule has 1 aliphatic rings. The second kappa shape index (κ2) is 8.99. The molecule has 1 amide bonds. The van der Waals surface area contributed by atoms with Crippen LogP contribution in [0.4, 0.5) is 24.9 Å². The Morgan fingerprint density at radius 3 is 2.78 bits per heavy atom. The van der Waals surface area contributed by atoms with Crippen molar-refractivity contribution in [1.29, 1.82) is 0 Å². The van der Waals surface area contributed by atoms with Crippen LogP contribution in [0.5, 0.6) is 0 Å². The van der Waals surface area contributed by atoms with Crippen LogP contribution in [0.25, 0.3) is 22.0 Å². The number of amides is 1. The number of anilines is 2. The van der Waals surface area contributed by atoms with Crippen molar-refractivity contribution >= 4 is 29.0 Å². The van der Waals surface area contributed by atoms with Crippen LogP contribution >= 0.6 is 11.3 Å². The maximum atomic E-state index is 12.6. The Hall–Kier alpha value is -3.84. The summed E-state index contributed by atoms with van der Waals surface area (Å²) in [6, 6.07) is 10.2. The van der Waals surface area contributed by atoms with Crippen molar-refractivity contribution in [1.82, 2.24) is 29.6 Å². The van der Waals surface area contributed by atoms with E-state index >= 15 is 0 Å². The number of rotatable bonds is 6. The van der Waals surface area contributed by atoms with Gasteiger partial charge >= 0.3 is 6.18 Å². The van der Waals surface area contributed by atoms with Crippen LogP contribution < -0.4 is 5.32 Å². The third-order valence-corrected chi connectivity index (χ3v) is 6.63. The summed E-state index contributed by atoms with van der Waals surface area (Å²) in [5.41, 5.74) is 0.799. The van der Waals surface area contributed by atoms with Gasteiger partial charge in [-0.3, -0.25) is 9.48 Å². The fraction of sp³-hybridized carbons (Fsp3) is 0.261. The molecular formula is C23H20F3N7O2S. The second-order valence-corrected chi connectivity index (χ2v) is 9.22. The Morgan fingerprint density at radius 1 is 1.19 bits per heavy atom. The minimum absolute atomic E-state index is 0.160. The van der Waals surface area contributed by atoms with Crippen molar-refractivity contribution in [2.24, 2.45) is 0 Å². The van der Waals surface area contributed by atoms with Gasteiger partial charge < -0.3 is 15.3 Å². The van der Waals surface area contributed by atoms with Gasteiger partial charge in [-0.05, 0) is 17.7 Å². The molecule has 2 N–H and O–H groups in total. The molecule has 5 rings (SSSR count). The molecule has 0 spiro atoms. The number of thiazole rings is 1. The van der Waals surface area contributed by atoms with Gasteiger partial charge in [-0.2, -0.15) is 18.3 Å². The molecule has 1 unspecified atom stereocenters. The van der Waals surface area contributed by atoms with E-state index in [1.54, 1.807) is 31.3 Å². The summed E-state index contributed by atoms with van der Waals surface area (Å²) in [4.78, 5) is 27.1. The molecule has 4 aromatic rings. The Morgan fingerprint density at radius 2 is 2.03 bits per heavy atom. The van der Waals surface area contributed by atoms with Crippen LogP contribution in [0.1, 0.15) is 12.0 Å². The lowest BCUT2D eigenvalue weighted by Crippen LogP contribution is -2.36. The van der Waals surface area contributed by atoms with Crippen molar-refractivity contribution in [2.45, 2.75) is 24.7 Å². The van der Waals surface area contributed by atoms with Crippen LogP contribution in [0.2, 0.25) is 0 Å². The molecule has 1 aliphatic heterocycles. The Labute approximate surface area is 207 Å². The van der Waals surface area contributed by atoms with Gasteiger partial charge in [0, 0.05) is 49.4 Å². The highest BCUT2D eigenvalue weighted by molar-refractivity contribution is 7.13. The number of hydrogen-bond donors (Lipinski definition) is 2. The fourth-order valence-electron chi connectivity index (χ4n) is 3.93. The lowest BCUT2D eigenvalue weighted by molar-refractivity contribution is -0.143. The van der Waals surface area contributed by atoms with Gasteiger partial charge in [-0.15, -0.1) is 11.3 Å². The monoisotopic (exact) mass is 515 g/mol. The molecule has 3 aromatic heterocycles. The summed E-state index contributed by atoms with van der Waals surface area (Å²) in [5, 5.41) is 20.1. The summed E-state index contributed by atoms with van der Waals surface area (Å²) >= 11 is 1.38. The molecule has 0 saturated carbocycles. The number of aromatic nitrogens is 5. The number of alkyl halides is 3. The number of nitrogens with one attached hydrogen (secondary N) is 1. The fourth-order valence-corrected chi connectivity index (χ4v) is 4.74. The lowest BCUT2D eigenvalue weighted by Gasteiger charge is -2.21. The van der Waals surface area contributed by atoms with Crippen molar-refractivity contribution in [2.75, 3.05) is 18.9 Å². The van der Waals surface area contributed by atoms with Gasteiger partial charge in [0.05, 0.1) is 5.69 Å². The van der Waals surface area contributed by atoms with E-state index in [0.29, 0.717) is 34.9 Å². The van der Waals surface area contributed by atoms with Crippen LogP contribution in [0.3, 0.4) is 0 Å². The van der Waals surface area contributed by atoms with Crippen LogP contribution in [0, 0.1) is 0 Å². The highest BCUT2D eigenvalue weighted by Gasteiger charge is 2.45. The molecule has 1 saturated heterocycles. The van der Waals surface area contributed by atoms with Crippen molar-refractivity contribution in [3.63, 3.8) is 0 Å². The van der Waals surface area contributed by atoms with Crippen LogP contribution in [-0.4, -0.2) is 60.4 Å². The Balaban J connectivity index is 1.35. The van der Waals surface area contributed by atoms with E-state index in [2.05, 4.69) is 25.4 Å². The normalized spacial score (nSPS) is 18.1. The van der Waals surface area contributed by atoms with E-state index in [-0.39, 0.29) is 17.7 Å². The second-order valence-electron chi connectivity index (χ2n) is 8.36. The molecule has 4 heterocycles. The summed E-state index contributed by atoms with van der Waals surface area (Å²) in [7, 11) is 1.66. The first-order valence-corrected chi connectivity index (χ1v) is 11.7. The number of aliphatic hydroxyl groups is 1. The van der Waals surface area contributed by atoms with Gasteiger partial charge in [0.25, 0.3) is 5.91 Å². The summed E-state index contributed by atoms with van der Waals surface area (Å²) in [5.74, 6) is 0.00773. The molecule has 13 heteroatoms. The highest BCUT2D eigenvalue weighted by Crippen LogP contribution is 2.36. The highest BCUT2D eigenvalue weighted by atomic mass is 32.1. The van der Waals surface area contributed by atoms with E-state index in [1.165, 1.54) is 34.7 Å². The smallest absolute Gasteiger partial charge is 0.375 e. The van der Waals surface area contributed by atoms with E-state index in [0.717, 1.165) is 10.2 Å². The lowest BCUT2D eigenvalue weighted by atomic mass is 9.91. The molecule has 0 aliphatic carbocycles. The van der Waals surface area contributed by atoms with E-state index < -0.39 is 18.3 Å². The molecule has 0 radical (unpaired) electrons. The number of likely N-dealkylation sites (N-methyl/N-ethyl adjacent to an activating group) is 1. The van der Waals surface area contributed by atoms with Gasteiger partial charge in [0.1, 0.15) is 17.2 Å². The molecule has 1 atom stereocenters. The van der Waals surface area contributed by atoms with Crippen molar-refractivity contribution in [3.8, 4) is 22.0 Å². The first-order valence-electron chi connectivity index (χ1n) is 10.9. The average molecular weight is 516 g/mol. The van der Waals surface area contributed by atoms with E-state index in [4.69, 9.17) is 0 Å². The number of hydrogen-bond acceptors (Lipinski definition) is 8. The van der Waals surface area contributed by atoms with E-state index in [9.17, 15) is 23.1 Å². The quantitative estimate of drug-likeness (QED) is 0.402. The minimum Gasteiger partial charge on any atom is -0.375 e. The third kappa shape index (κ3) is 4.79. The standard InChI is InChI=1S/C23H20F3N7O2S/c1-32-10-7-22(35,20(32)34)15-4-2-3-14(11-15)19-28-17(12-36-19)16-5-8-27-21(29-16)30-18-6-9-33(31-18)13-23(24,25)26/h2-6,8-9,11-12,35H,7,10,13H2,1H3,(H,27,29,30,31). The Bertz CT molecular complexity index is 1420. The van der Waals surface area contributed by atoms with Crippen LogP contribution in [0.15, 0.2) is 54.2 Å². The average Bonchev–Trinajstić information content (AvgIpc) is 3.56. The third-order valence-electron chi connectivity index (χ3n) is 5.74. The Kier molecular flexibility index (Phi) is 5.96. The van der Waals surface area contributed by atoms with Crippen LogP contribution in [-0.2, 0) is 16.9 Å². The summed E-state index contributed by atoms with van der Waals surface area (Å²) in [6.07, 6.45) is -1.33. The number of halogens is 3. The topological polar surface area (TPSA) is 109 Å². The molecule has 9 nitrogen and oxygen atoms in total. The summed E-state index contributed by atoms with van der Waals surface area (Å²) < 4.78 is 38.4. The summed E-state index contributed by atoms with van der Waals surface area (Å²) in [6.45, 7) is -0.714. The van der Waals surface area contributed by atoms with Gasteiger partial charge in [0.15, 0.2) is 11.4 Å². The van der Waals surface area contributed by atoms with Gasteiger partial charge in [0.2, 0.25) is 5.95 Å². The van der Waals surface area contributed by atoms with E-state index in [1.807, 2.05) is 11.4 Å². The molecule has 1 fully saturated rings. The zero-order valence-corrected chi connectivity index (χ0v) is 19.7.